The summed E-state index contributed by atoms with van der Waals surface area (Å²) in [5.74, 6) is 0. The number of ether oxygens (including phenoxy) is 1. The van der Waals surface area contributed by atoms with E-state index in [-0.39, 0.29) is 6.09 Å². The maximum atomic E-state index is 10.9. The first kappa shape index (κ1) is 10.3. The van der Waals surface area contributed by atoms with Crippen LogP contribution in [0.2, 0.25) is 0 Å². The minimum absolute atomic E-state index is 0.365. The summed E-state index contributed by atoms with van der Waals surface area (Å²) >= 11 is 0. The first-order valence-corrected chi connectivity index (χ1v) is 3.70. The van der Waals surface area contributed by atoms with Crippen LogP contribution in [0.1, 0.15) is 27.7 Å². The summed E-state index contributed by atoms with van der Waals surface area (Å²) in [6, 6.07) is 0. The Kier molecular flexibility index (Phi) is 3.93. The molecule has 0 heterocycles. The van der Waals surface area contributed by atoms with E-state index in [2.05, 4.69) is 5.32 Å². The summed E-state index contributed by atoms with van der Waals surface area (Å²) in [5.41, 5.74) is -0.405. The predicted octanol–water partition coefficient (Wildman–Crippen LogP) is 1.74. The largest absolute Gasteiger partial charge is 0.444 e. The fourth-order valence-electron chi connectivity index (χ4n) is 0.500. The van der Waals surface area contributed by atoms with Crippen LogP contribution in [0.4, 0.5) is 4.79 Å². The van der Waals surface area contributed by atoms with Crippen LogP contribution in [0, 0.1) is 6.42 Å². The van der Waals surface area contributed by atoms with Gasteiger partial charge in [0.05, 0.1) is 0 Å². The SMILES string of the molecule is C[CH]CNC(=O)OC(C)(C)C. The molecule has 0 aromatic heterocycles. The standard InChI is InChI=1S/C8H16NO2/c1-5-6-9-7(10)11-8(2,3)4/h5H,6H2,1-4H3,(H,9,10). The molecule has 1 radical (unpaired) electrons. The molecule has 65 valence electrons. The van der Waals surface area contributed by atoms with E-state index in [4.69, 9.17) is 4.74 Å². The first-order valence-electron chi connectivity index (χ1n) is 3.70. The molecule has 1 N–H and O–H groups in total. The van der Waals surface area contributed by atoms with Crippen molar-refractivity contribution in [2.45, 2.75) is 33.3 Å². The Labute approximate surface area is 68.1 Å². The van der Waals surface area contributed by atoms with Crippen molar-refractivity contribution in [3.63, 3.8) is 0 Å². The average molecular weight is 158 g/mol. The van der Waals surface area contributed by atoms with Gasteiger partial charge in [-0.15, -0.1) is 0 Å². The molecule has 0 aromatic carbocycles. The number of hydrogen-bond acceptors (Lipinski definition) is 2. The monoisotopic (exact) mass is 158 g/mol. The predicted molar refractivity (Wildman–Crippen MR) is 44.2 cm³/mol. The van der Waals surface area contributed by atoms with Crippen LogP contribution in [-0.4, -0.2) is 18.2 Å². The number of hydrogen-bond donors (Lipinski definition) is 1. The van der Waals surface area contributed by atoms with Crippen molar-refractivity contribution in [1.82, 2.24) is 5.32 Å². The second-order valence-electron chi connectivity index (χ2n) is 3.29. The quantitative estimate of drug-likeness (QED) is 0.664. The molecule has 0 aliphatic carbocycles. The van der Waals surface area contributed by atoms with Crippen LogP contribution in [0.15, 0.2) is 0 Å². The lowest BCUT2D eigenvalue weighted by Crippen LogP contribution is -2.32. The normalized spacial score (nSPS) is 10.9. The third-order valence-electron chi connectivity index (χ3n) is 0.849. The molecule has 0 rings (SSSR count). The third kappa shape index (κ3) is 7.16. The van der Waals surface area contributed by atoms with E-state index in [1.807, 2.05) is 34.1 Å². The zero-order valence-corrected chi connectivity index (χ0v) is 7.60. The van der Waals surface area contributed by atoms with E-state index in [1.54, 1.807) is 0 Å². The van der Waals surface area contributed by atoms with Gasteiger partial charge in [-0.25, -0.2) is 4.79 Å². The highest BCUT2D eigenvalue weighted by Gasteiger charge is 2.14. The fourth-order valence-corrected chi connectivity index (χ4v) is 0.500. The van der Waals surface area contributed by atoms with Crippen molar-refractivity contribution >= 4 is 6.09 Å². The Morgan fingerprint density at radius 2 is 2.09 bits per heavy atom. The minimum atomic E-state index is -0.405. The Morgan fingerprint density at radius 3 is 2.45 bits per heavy atom. The summed E-state index contributed by atoms with van der Waals surface area (Å²) < 4.78 is 4.97. The number of amides is 1. The van der Waals surface area contributed by atoms with Crippen LogP contribution in [0.3, 0.4) is 0 Å². The summed E-state index contributed by atoms with van der Waals surface area (Å²) in [6.45, 7) is 7.93. The Hall–Kier alpha value is -0.730. The van der Waals surface area contributed by atoms with Crippen LogP contribution in [-0.2, 0) is 4.74 Å². The molecular weight excluding hydrogens is 142 g/mol. The van der Waals surface area contributed by atoms with Crippen LogP contribution >= 0.6 is 0 Å². The van der Waals surface area contributed by atoms with E-state index in [0.29, 0.717) is 6.54 Å². The lowest BCUT2D eigenvalue weighted by Gasteiger charge is -2.19. The Bertz CT molecular complexity index is 127. The average Bonchev–Trinajstić information content (AvgIpc) is 1.79. The molecule has 0 atom stereocenters. The molecule has 0 saturated heterocycles. The second-order valence-corrected chi connectivity index (χ2v) is 3.29. The summed E-state index contributed by atoms with van der Waals surface area (Å²) in [4.78, 5) is 10.9. The van der Waals surface area contributed by atoms with Gasteiger partial charge >= 0.3 is 6.09 Å². The van der Waals surface area contributed by atoms with Gasteiger partial charge in [-0.1, -0.05) is 6.92 Å². The molecule has 11 heavy (non-hydrogen) atoms. The molecule has 1 amide bonds. The van der Waals surface area contributed by atoms with Gasteiger partial charge in [0, 0.05) is 6.54 Å². The maximum Gasteiger partial charge on any atom is 0.407 e. The minimum Gasteiger partial charge on any atom is -0.444 e. The van der Waals surface area contributed by atoms with E-state index in [0.717, 1.165) is 0 Å². The zero-order chi connectivity index (χ0) is 8.91. The molecule has 0 saturated carbocycles. The van der Waals surface area contributed by atoms with Crippen LogP contribution in [0.25, 0.3) is 0 Å². The van der Waals surface area contributed by atoms with E-state index in [1.165, 1.54) is 0 Å². The third-order valence-corrected chi connectivity index (χ3v) is 0.849. The van der Waals surface area contributed by atoms with Crippen molar-refractivity contribution in [3.8, 4) is 0 Å². The van der Waals surface area contributed by atoms with Gasteiger partial charge in [-0.05, 0) is 27.2 Å². The molecule has 0 aliphatic heterocycles. The van der Waals surface area contributed by atoms with Crippen LogP contribution < -0.4 is 5.32 Å². The highest BCUT2D eigenvalue weighted by atomic mass is 16.6. The Balaban J connectivity index is 3.53. The molecule has 0 spiro atoms. The van der Waals surface area contributed by atoms with Gasteiger partial charge < -0.3 is 10.1 Å². The zero-order valence-electron chi connectivity index (χ0n) is 7.60. The molecule has 0 fully saturated rings. The number of rotatable bonds is 2. The van der Waals surface area contributed by atoms with Crippen LogP contribution in [0.5, 0.6) is 0 Å². The molecule has 0 unspecified atom stereocenters. The number of carbonyl (C=O) groups excluding carboxylic acids is 1. The van der Waals surface area contributed by atoms with E-state index >= 15 is 0 Å². The van der Waals surface area contributed by atoms with Crippen molar-refractivity contribution in [3.05, 3.63) is 6.42 Å². The number of nitrogens with one attached hydrogen (secondary N) is 1. The van der Waals surface area contributed by atoms with Crippen molar-refractivity contribution in [1.29, 1.82) is 0 Å². The van der Waals surface area contributed by atoms with E-state index < -0.39 is 5.60 Å². The highest BCUT2D eigenvalue weighted by Crippen LogP contribution is 2.05. The topological polar surface area (TPSA) is 38.3 Å². The second kappa shape index (κ2) is 4.21. The summed E-state index contributed by atoms with van der Waals surface area (Å²) in [6.07, 6.45) is 1.49. The van der Waals surface area contributed by atoms with Gasteiger partial charge in [0.1, 0.15) is 5.60 Å². The van der Waals surface area contributed by atoms with Crippen molar-refractivity contribution < 1.29 is 9.53 Å². The first-order chi connectivity index (χ1) is 4.95. The lowest BCUT2D eigenvalue weighted by atomic mass is 10.2. The molecule has 3 heteroatoms. The number of alkyl carbamates (subject to hydrolysis) is 1. The van der Waals surface area contributed by atoms with Gasteiger partial charge in [-0.3, -0.25) is 0 Å². The summed E-state index contributed by atoms with van der Waals surface area (Å²) in [7, 11) is 0. The smallest absolute Gasteiger partial charge is 0.407 e. The highest BCUT2D eigenvalue weighted by molar-refractivity contribution is 5.67. The van der Waals surface area contributed by atoms with Crippen molar-refractivity contribution in [2.75, 3.05) is 6.54 Å². The lowest BCUT2D eigenvalue weighted by molar-refractivity contribution is 0.0532. The molecule has 0 aromatic rings. The molecule has 0 aliphatic rings. The molecular formula is C8H16NO2. The summed E-state index contributed by atoms with van der Waals surface area (Å²) in [5, 5.41) is 2.57. The Morgan fingerprint density at radius 1 is 1.55 bits per heavy atom. The fraction of sp³-hybridized carbons (Fsp3) is 0.750. The van der Waals surface area contributed by atoms with Gasteiger partial charge in [0.15, 0.2) is 0 Å². The van der Waals surface area contributed by atoms with Crippen molar-refractivity contribution in [2.24, 2.45) is 0 Å². The molecule has 3 nitrogen and oxygen atoms in total. The van der Waals surface area contributed by atoms with Gasteiger partial charge in [0.25, 0.3) is 0 Å². The van der Waals surface area contributed by atoms with Gasteiger partial charge in [0.2, 0.25) is 0 Å². The molecule has 0 bridgehead atoms. The maximum absolute atomic E-state index is 10.9. The number of carbonyl (C=O) groups is 1. The van der Waals surface area contributed by atoms with E-state index in [9.17, 15) is 4.79 Å². The van der Waals surface area contributed by atoms with Gasteiger partial charge in [-0.2, -0.15) is 0 Å².